The van der Waals surface area contributed by atoms with E-state index in [1.54, 1.807) is 25.3 Å². The third-order valence-electron chi connectivity index (χ3n) is 6.17. The Morgan fingerprint density at radius 1 is 1.15 bits per heavy atom. The molecule has 2 aliphatic rings. The molecular formula is C22H26FNO3. The van der Waals surface area contributed by atoms with Crippen LogP contribution in [0.4, 0.5) is 4.39 Å². The molecule has 0 unspecified atom stereocenters. The number of rotatable bonds is 5. The molecule has 2 fully saturated rings. The summed E-state index contributed by atoms with van der Waals surface area (Å²) >= 11 is 0. The van der Waals surface area contributed by atoms with Crippen molar-refractivity contribution in [1.29, 1.82) is 0 Å². The number of halogens is 1. The monoisotopic (exact) mass is 371 g/mol. The maximum Gasteiger partial charge on any atom is 0.129 e. The molecule has 2 aromatic carbocycles. The first-order valence-electron chi connectivity index (χ1n) is 9.54. The molecular weight excluding hydrogens is 345 g/mol. The van der Waals surface area contributed by atoms with Crippen LogP contribution in [0.1, 0.15) is 42.4 Å². The molecule has 2 atom stereocenters. The lowest BCUT2D eigenvalue weighted by Crippen LogP contribution is -2.49. The zero-order chi connectivity index (χ0) is 19.0. The van der Waals surface area contributed by atoms with Crippen LogP contribution in [0.5, 0.6) is 5.75 Å². The smallest absolute Gasteiger partial charge is 0.129 e. The van der Waals surface area contributed by atoms with Gasteiger partial charge < -0.3 is 14.9 Å². The van der Waals surface area contributed by atoms with Crippen molar-refractivity contribution in [2.75, 3.05) is 7.11 Å². The Morgan fingerprint density at radius 3 is 2.48 bits per heavy atom. The van der Waals surface area contributed by atoms with Crippen molar-refractivity contribution in [2.45, 2.75) is 56.5 Å². The van der Waals surface area contributed by atoms with E-state index in [1.807, 2.05) is 18.2 Å². The van der Waals surface area contributed by atoms with E-state index in [1.165, 1.54) is 6.07 Å². The first-order valence-corrected chi connectivity index (χ1v) is 9.54. The topological polar surface area (TPSA) is 52.9 Å². The van der Waals surface area contributed by atoms with Crippen molar-refractivity contribution in [3.63, 3.8) is 0 Å². The maximum atomic E-state index is 14.3. The number of aliphatic hydroxyl groups is 2. The average molecular weight is 371 g/mol. The molecule has 4 nitrogen and oxygen atoms in total. The van der Waals surface area contributed by atoms with Crippen LogP contribution < -0.4 is 4.74 Å². The summed E-state index contributed by atoms with van der Waals surface area (Å²) in [7, 11) is 1.60. The van der Waals surface area contributed by atoms with Gasteiger partial charge in [-0.05, 0) is 49.4 Å². The Labute approximate surface area is 159 Å². The number of fused-ring (bicyclic) bond motifs is 2. The standard InChI is InChI=1S/C22H26FNO3/c1-27-21-9-6-15(10-16(21)14-25)13-24-17-7-8-18(24)12-22(26,11-17)19-4-2-3-5-20(19)23/h2-6,9-10,17-18,25-26H,7-8,11-14H2,1H3/t17-,18-/m0/s1. The van der Waals surface area contributed by atoms with E-state index in [-0.39, 0.29) is 24.5 Å². The zero-order valence-corrected chi connectivity index (χ0v) is 15.6. The first kappa shape index (κ1) is 18.4. The van der Waals surface area contributed by atoms with E-state index in [9.17, 15) is 14.6 Å². The van der Waals surface area contributed by atoms with Crippen molar-refractivity contribution in [1.82, 2.24) is 4.90 Å². The molecule has 27 heavy (non-hydrogen) atoms. The van der Waals surface area contributed by atoms with Gasteiger partial charge in [0.15, 0.2) is 0 Å². The molecule has 2 bridgehead atoms. The molecule has 2 N–H and O–H groups in total. The molecule has 0 aromatic heterocycles. The summed E-state index contributed by atoms with van der Waals surface area (Å²) in [6.07, 6.45) is 3.13. The van der Waals surface area contributed by atoms with E-state index in [0.717, 1.165) is 30.5 Å². The Hall–Kier alpha value is -1.95. The molecule has 144 valence electrons. The van der Waals surface area contributed by atoms with Crippen LogP contribution >= 0.6 is 0 Å². The summed E-state index contributed by atoms with van der Waals surface area (Å²) in [5, 5.41) is 20.8. The predicted octanol–water partition coefficient (Wildman–Crippen LogP) is 3.34. The summed E-state index contributed by atoms with van der Waals surface area (Å²) in [5.74, 6) is 0.368. The molecule has 0 spiro atoms. The van der Waals surface area contributed by atoms with E-state index >= 15 is 0 Å². The van der Waals surface area contributed by atoms with Crippen LogP contribution in [0.2, 0.25) is 0 Å². The van der Waals surface area contributed by atoms with Crippen LogP contribution in [0.15, 0.2) is 42.5 Å². The van der Waals surface area contributed by atoms with Gasteiger partial charge in [-0.2, -0.15) is 0 Å². The molecule has 4 rings (SSSR count). The molecule has 2 saturated heterocycles. The van der Waals surface area contributed by atoms with Crippen molar-refractivity contribution >= 4 is 0 Å². The van der Waals surface area contributed by atoms with Gasteiger partial charge >= 0.3 is 0 Å². The Bertz CT molecular complexity index is 811. The second-order valence-corrected chi connectivity index (χ2v) is 7.78. The number of methoxy groups -OCH3 is 1. The summed E-state index contributed by atoms with van der Waals surface area (Å²) in [5.41, 5.74) is 1.23. The van der Waals surface area contributed by atoms with Crippen LogP contribution in [0, 0.1) is 5.82 Å². The average Bonchev–Trinajstić information content (AvgIpc) is 2.92. The second-order valence-electron chi connectivity index (χ2n) is 7.78. The SMILES string of the molecule is COc1ccc(CN2[C@H]3CC[C@H]2CC(O)(c2ccccc2F)C3)cc1CO. The quantitative estimate of drug-likeness (QED) is 0.846. The highest BCUT2D eigenvalue weighted by molar-refractivity contribution is 5.37. The van der Waals surface area contributed by atoms with E-state index in [4.69, 9.17) is 4.74 Å². The fourth-order valence-corrected chi connectivity index (χ4v) is 4.90. The Balaban J connectivity index is 1.54. The summed E-state index contributed by atoms with van der Waals surface area (Å²) < 4.78 is 19.6. The number of piperidine rings is 1. The third kappa shape index (κ3) is 3.35. The third-order valence-corrected chi connectivity index (χ3v) is 6.17. The van der Waals surface area contributed by atoms with Crippen molar-refractivity contribution in [3.05, 3.63) is 65.0 Å². The molecule has 2 aliphatic heterocycles. The van der Waals surface area contributed by atoms with Gasteiger partial charge in [0.1, 0.15) is 11.6 Å². The molecule has 5 heteroatoms. The van der Waals surface area contributed by atoms with Crippen LogP contribution in [0.3, 0.4) is 0 Å². The van der Waals surface area contributed by atoms with Crippen LogP contribution in [-0.2, 0) is 18.8 Å². The van der Waals surface area contributed by atoms with Crippen molar-refractivity contribution in [2.24, 2.45) is 0 Å². The largest absolute Gasteiger partial charge is 0.496 e. The summed E-state index contributed by atoms with van der Waals surface area (Å²) in [6.45, 7) is 0.705. The van der Waals surface area contributed by atoms with Gasteiger partial charge in [0.25, 0.3) is 0 Å². The van der Waals surface area contributed by atoms with E-state index < -0.39 is 5.60 Å². The van der Waals surface area contributed by atoms with Gasteiger partial charge in [-0.15, -0.1) is 0 Å². The molecule has 0 amide bonds. The first-order chi connectivity index (χ1) is 13.0. The summed E-state index contributed by atoms with van der Waals surface area (Å²) in [4.78, 5) is 2.43. The fraction of sp³-hybridized carbons (Fsp3) is 0.455. The van der Waals surface area contributed by atoms with Gasteiger partial charge in [-0.3, -0.25) is 4.90 Å². The summed E-state index contributed by atoms with van der Waals surface area (Å²) in [6, 6.07) is 12.9. The number of hydrogen-bond donors (Lipinski definition) is 2. The van der Waals surface area contributed by atoms with Gasteiger partial charge in [0.2, 0.25) is 0 Å². The number of hydrogen-bond acceptors (Lipinski definition) is 4. The van der Waals surface area contributed by atoms with Gasteiger partial charge in [-0.25, -0.2) is 4.39 Å². The lowest BCUT2D eigenvalue weighted by atomic mass is 9.80. The number of benzene rings is 2. The Morgan fingerprint density at radius 2 is 1.85 bits per heavy atom. The van der Waals surface area contributed by atoms with E-state index in [2.05, 4.69) is 4.90 Å². The van der Waals surface area contributed by atoms with Gasteiger partial charge in [-0.1, -0.05) is 24.3 Å². The molecule has 2 heterocycles. The normalized spacial score (nSPS) is 27.7. The highest BCUT2D eigenvalue weighted by Crippen LogP contribution is 2.46. The second kappa shape index (κ2) is 7.23. The van der Waals surface area contributed by atoms with Gasteiger partial charge in [0, 0.05) is 29.8 Å². The highest BCUT2D eigenvalue weighted by atomic mass is 19.1. The van der Waals surface area contributed by atoms with Crippen molar-refractivity contribution < 1.29 is 19.3 Å². The van der Waals surface area contributed by atoms with Crippen LogP contribution in [-0.4, -0.2) is 34.3 Å². The minimum absolute atomic E-state index is 0.0586. The van der Waals surface area contributed by atoms with E-state index in [0.29, 0.717) is 24.2 Å². The highest BCUT2D eigenvalue weighted by Gasteiger charge is 2.48. The molecule has 2 aromatic rings. The molecule has 0 aliphatic carbocycles. The van der Waals surface area contributed by atoms with Crippen molar-refractivity contribution in [3.8, 4) is 5.75 Å². The number of ether oxygens (including phenoxy) is 1. The minimum atomic E-state index is -1.09. The lowest BCUT2D eigenvalue weighted by Gasteiger charge is -2.44. The van der Waals surface area contributed by atoms with Gasteiger partial charge in [0.05, 0.1) is 19.3 Å². The Kier molecular flexibility index (Phi) is 4.93. The molecule has 0 radical (unpaired) electrons. The van der Waals surface area contributed by atoms with Crippen LogP contribution in [0.25, 0.3) is 0 Å². The fourth-order valence-electron chi connectivity index (χ4n) is 4.90. The minimum Gasteiger partial charge on any atom is -0.496 e. The zero-order valence-electron chi connectivity index (χ0n) is 15.6. The molecule has 0 saturated carbocycles. The maximum absolute atomic E-state index is 14.3. The lowest BCUT2D eigenvalue weighted by molar-refractivity contribution is -0.0615. The number of nitrogens with zero attached hydrogens (tertiary/aromatic N) is 1. The predicted molar refractivity (Wildman–Crippen MR) is 101 cm³/mol. The number of aliphatic hydroxyl groups excluding tert-OH is 1.